The molecule has 0 saturated heterocycles. The Hall–Kier alpha value is -2.38. The summed E-state index contributed by atoms with van der Waals surface area (Å²) in [5.41, 5.74) is 1.70. The van der Waals surface area contributed by atoms with E-state index in [0.717, 1.165) is 30.0 Å². The third-order valence-corrected chi connectivity index (χ3v) is 3.34. The van der Waals surface area contributed by atoms with Crippen LogP contribution in [-0.2, 0) is 7.05 Å². The number of rotatable bonds is 4. The summed E-state index contributed by atoms with van der Waals surface area (Å²) < 4.78 is 1.72. The van der Waals surface area contributed by atoms with Gasteiger partial charge in [-0.3, -0.25) is 15.1 Å². The number of nitrogens with one attached hydrogen (secondary N) is 3. The number of urea groups is 1. The van der Waals surface area contributed by atoms with Crippen molar-refractivity contribution in [1.29, 1.82) is 0 Å². The Labute approximate surface area is 122 Å². The van der Waals surface area contributed by atoms with Crippen LogP contribution < -0.4 is 10.6 Å². The average molecular weight is 289 g/mol. The number of nitrogens with zero attached hydrogens (tertiary/aromatic N) is 4. The van der Waals surface area contributed by atoms with E-state index in [-0.39, 0.29) is 17.9 Å². The zero-order valence-electron chi connectivity index (χ0n) is 12.3. The number of carbonyl (C=O) groups excluding carboxylic acids is 1. The minimum Gasteiger partial charge on any atom is -0.304 e. The molecule has 0 unspecified atom stereocenters. The van der Waals surface area contributed by atoms with Gasteiger partial charge in [0.05, 0.1) is 11.4 Å². The molecule has 1 aliphatic carbocycles. The molecule has 8 nitrogen and oxygen atoms in total. The van der Waals surface area contributed by atoms with Crippen molar-refractivity contribution in [3.8, 4) is 0 Å². The van der Waals surface area contributed by atoms with Gasteiger partial charge in [0.2, 0.25) is 5.95 Å². The molecule has 2 amide bonds. The van der Waals surface area contributed by atoms with E-state index < -0.39 is 0 Å². The van der Waals surface area contributed by atoms with E-state index >= 15 is 0 Å². The van der Waals surface area contributed by atoms with Crippen LogP contribution in [-0.4, -0.2) is 31.0 Å². The zero-order chi connectivity index (χ0) is 15.0. The summed E-state index contributed by atoms with van der Waals surface area (Å²) in [6, 6.07) is -0.362. The molecule has 0 aromatic carbocycles. The van der Waals surface area contributed by atoms with Crippen LogP contribution in [0.1, 0.15) is 50.0 Å². The molecule has 112 valence electrons. The van der Waals surface area contributed by atoms with E-state index in [2.05, 4.69) is 30.9 Å². The number of hydrogen-bond acceptors (Lipinski definition) is 4. The van der Waals surface area contributed by atoms with Crippen molar-refractivity contribution in [3.63, 3.8) is 0 Å². The Morgan fingerprint density at radius 1 is 1.43 bits per heavy atom. The monoisotopic (exact) mass is 289 g/mol. The van der Waals surface area contributed by atoms with Crippen molar-refractivity contribution < 1.29 is 4.79 Å². The van der Waals surface area contributed by atoms with Gasteiger partial charge in [0.25, 0.3) is 0 Å². The third-order valence-electron chi connectivity index (χ3n) is 3.34. The van der Waals surface area contributed by atoms with E-state index in [1.54, 1.807) is 4.68 Å². The third kappa shape index (κ3) is 3.04. The number of anilines is 2. The summed E-state index contributed by atoms with van der Waals surface area (Å²) in [6.45, 7) is 4.00. The standard InChI is InChI=1S/C13H19N7O/c1-7(2)11-15-12(18-17-11)16-13(21)14-9-6-20(3)19-10(9)8-4-5-8/h6-8H,4-5H2,1-3H3,(H3,14,15,16,17,18,21). The van der Waals surface area contributed by atoms with Gasteiger partial charge in [-0.1, -0.05) is 13.8 Å². The Balaban J connectivity index is 1.66. The van der Waals surface area contributed by atoms with E-state index in [9.17, 15) is 4.79 Å². The minimum atomic E-state index is -0.362. The normalized spacial score (nSPS) is 14.5. The fraction of sp³-hybridized carbons (Fsp3) is 0.538. The minimum absolute atomic E-state index is 0.232. The smallest absolute Gasteiger partial charge is 0.304 e. The molecular formula is C13H19N7O. The number of aromatic amines is 1. The summed E-state index contributed by atoms with van der Waals surface area (Å²) in [5.74, 6) is 1.71. The predicted molar refractivity (Wildman–Crippen MR) is 78.3 cm³/mol. The molecule has 2 heterocycles. The van der Waals surface area contributed by atoms with Crippen LogP contribution in [0, 0.1) is 0 Å². The number of hydrogen-bond donors (Lipinski definition) is 3. The summed E-state index contributed by atoms with van der Waals surface area (Å²) in [7, 11) is 1.85. The molecule has 3 N–H and O–H groups in total. The quantitative estimate of drug-likeness (QED) is 0.803. The largest absolute Gasteiger partial charge is 0.326 e. The molecule has 3 rings (SSSR count). The molecule has 0 radical (unpaired) electrons. The highest BCUT2D eigenvalue weighted by Gasteiger charge is 2.29. The molecule has 0 spiro atoms. The first-order chi connectivity index (χ1) is 10.0. The maximum absolute atomic E-state index is 12.0. The Kier molecular flexibility index (Phi) is 3.36. The molecule has 2 aromatic heterocycles. The molecule has 8 heteroatoms. The number of aryl methyl sites for hydroxylation is 1. The highest BCUT2D eigenvalue weighted by atomic mass is 16.2. The van der Waals surface area contributed by atoms with Crippen LogP contribution in [0.2, 0.25) is 0 Å². The maximum Gasteiger partial charge on any atom is 0.326 e. The molecule has 0 bridgehead atoms. The van der Waals surface area contributed by atoms with Gasteiger partial charge in [-0.05, 0) is 12.8 Å². The predicted octanol–water partition coefficient (Wildman–Crippen LogP) is 2.18. The van der Waals surface area contributed by atoms with E-state index in [1.165, 1.54) is 0 Å². The summed E-state index contributed by atoms with van der Waals surface area (Å²) >= 11 is 0. The second-order valence-corrected chi connectivity index (χ2v) is 5.65. The van der Waals surface area contributed by atoms with E-state index in [1.807, 2.05) is 27.1 Å². The molecule has 21 heavy (non-hydrogen) atoms. The fourth-order valence-corrected chi connectivity index (χ4v) is 2.10. The lowest BCUT2D eigenvalue weighted by Crippen LogP contribution is -2.20. The number of amides is 2. The lowest BCUT2D eigenvalue weighted by molar-refractivity contribution is 0.262. The molecule has 0 atom stereocenters. The van der Waals surface area contributed by atoms with Crippen LogP contribution in [0.3, 0.4) is 0 Å². The number of carbonyl (C=O) groups is 1. The first kappa shape index (κ1) is 13.6. The number of H-pyrrole nitrogens is 1. The van der Waals surface area contributed by atoms with Gasteiger partial charge < -0.3 is 5.32 Å². The maximum atomic E-state index is 12.0. The van der Waals surface area contributed by atoms with Crippen molar-refractivity contribution in [1.82, 2.24) is 25.0 Å². The van der Waals surface area contributed by atoms with Gasteiger partial charge in [-0.25, -0.2) is 4.79 Å². The summed E-state index contributed by atoms with van der Waals surface area (Å²) in [5, 5.41) is 16.6. The van der Waals surface area contributed by atoms with Crippen molar-refractivity contribution in [2.24, 2.45) is 7.05 Å². The Morgan fingerprint density at radius 3 is 2.81 bits per heavy atom. The van der Waals surface area contributed by atoms with Crippen LogP contribution in [0.4, 0.5) is 16.4 Å². The number of aromatic nitrogens is 5. The molecule has 1 saturated carbocycles. The molecule has 1 aliphatic rings. The van der Waals surface area contributed by atoms with Crippen molar-refractivity contribution in [2.45, 2.75) is 38.5 Å². The van der Waals surface area contributed by atoms with Crippen molar-refractivity contribution in [3.05, 3.63) is 17.7 Å². The molecule has 1 fully saturated rings. The van der Waals surface area contributed by atoms with E-state index in [4.69, 9.17) is 0 Å². The van der Waals surface area contributed by atoms with Crippen LogP contribution >= 0.6 is 0 Å². The fourth-order valence-electron chi connectivity index (χ4n) is 2.10. The van der Waals surface area contributed by atoms with Gasteiger partial charge in [-0.2, -0.15) is 10.1 Å². The van der Waals surface area contributed by atoms with Crippen molar-refractivity contribution in [2.75, 3.05) is 10.6 Å². The lowest BCUT2D eigenvalue weighted by atomic mass is 10.2. The van der Waals surface area contributed by atoms with E-state index in [0.29, 0.717) is 5.92 Å². The zero-order valence-corrected chi connectivity index (χ0v) is 12.3. The van der Waals surface area contributed by atoms with Gasteiger partial charge in [0.1, 0.15) is 5.82 Å². The summed E-state index contributed by atoms with van der Waals surface area (Å²) in [6.07, 6.45) is 4.07. The van der Waals surface area contributed by atoms with Gasteiger partial charge in [0.15, 0.2) is 0 Å². The second kappa shape index (κ2) is 5.19. The van der Waals surface area contributed by atoms with Gasteiger partial charge in [0, 0.05) is 25.1 Å². The Morgan fingerprint density at radius 2 is 2.19 bits per heavy atom. The highest BCUT2D eigenvalue weighted by Crippen LogP contribution is 2.42. The lowest BCUT2D eigenvalue weighted by Gasteiger charge is -2.04. The molecule has 0 aliphatic heterocycles. The topological polar surface area (TPSA) is 101 Å². The van der Waals surface area contributed by atoms with Gasteiger partial charge in [-0.15, -0.1) is 5.10 Å². The second-order valence-electron chi connectivity index (χ2n) is 5.65. The van der Waals surface area contributed by atoms with Crippen LogP contribution in [0.15, 0.2) is 6.20 Å². The highest BCUT2D eigenvalue weighted by molar-refractivity contribution is 5.99. The summed E-state index contributed by atoms with van der Waals surface area (Å²) in [4.78, 5) is 16.2. The SMILES string of the molecule is CC(C)c1nc(NC(=O)Nc2cn(C)nc2C2CC2)n[nH]1. The van der Waals surface area contributed by atoms with Gasteiger partial charge >= 0.3 is 6.03 Å². The van der Waals surface area contributed by atoms with Crippen LogP contribution in [0.5, 0.6) is 0 Å². The Bertz CT molecular complexity index is 653. The molecule has 2 aromatic rings. The molecular weight excluding hydrogens is 270 g/mol. The first-order valence-corrected chi connectivity index (χ1v) is 7.06. The van der Waals surface area contributed by atoms with Crippen LogP contribution in [0.25, 0.3) is 0 Å². The first-order valence-electron chi connectivity index (χ1n) is 7.06. The average Bonchev–Trinajstić information content (AvgIpc) is 3.04. The van der Waals surface area contributed by atoms with Crippen molar-refractivity contribution >= 4 is 17.7 Å².